The number of carbonyl (C=O) groups excluding carboxylic acids is 1. The third-order valence-electron chi connectivity index (χ3n) is 5.11. The van der Waals surface area contributed by atoms with Crippen LogP contribution >= 0.6 is 0 Å². The number of pyridine rings is 1. The minimum atomic E-state index is -0.00856. The van der Waals surface area contributed by atoms with Gasteiger partial charge in [-0.25, -0.2) is 4.98 Å². The number of rotatable bonds is 6. The maximum Gasteiger partial charge on any atom is 0.259 e. The molecule has 1 N–H and O–H groups in total. The summed E-state index contributed by atoms with van der Waals surface area (Å²) >= 11 is 0. The lowest BCUT2D eigenvalue weighted by Gasteiger charge is -2.23. The molecule has 3 heterocycles. The number of anilines is 2. The van der Waals surface area contributed by atoms with E-state index in [4.69, 9.17) is 4.42 Å². The molecule has 4 rings (SSSR count). The summed E-state index contributed by atoms with van der Waals surface area (Å²) < 4.78 is 5.53. The maximum atomic E-state index is 12.9. The lowest BCUT2D eigenvalue weighted by molar-refractivity contribution is 0.0989. The number of nitrogens with zero attached hydrogens (tertiary/aromatic N) is 3. The van der Waals surface area contributed by atoms with Gasteiger partial charge >= 0.3 is 0 Å². The van der Waals surface area contributed by atoms with Gasteiger partial charge in [-0.15, -0.1) is 0 Å². The average molecular weight is 376 g/mol. The van der Waals surface area contributed by atoms with E-state index in [2.05, 4.69) is 21.3 Å². The first kappa shape index (κ1) is 18.3. The van der Waals surface area contributed by atoms with Crippen molar-refractivity contribution in [3.8, 4) is 0 Å². The number of hydrogen-bond acceptors (Lipinski definition) is 5. The van der Waals surface area contributed by atoms with Crippen molar-refractivity contribution in [3.05, 3.63) is 77.9 Å². The Morgan fingerprint density at radius 1 is 1.21 bits per heavy atom. The molecule has 1 atom stereocenters. The summed E-state index contributed by atoms with van der Waals surface area (Å²) in [5.41, 5.74) is 2.81. The Labute approximate surface area is 164 Å². The predicted octanol–water partition coefficient (Wildman–Crippen LogP) is 3.59. The lowest BCUT2D eigenvalue weighted by Crippen LogP contribution is -2.29. The van der Waals surface area contributed by atoms with Crippen LogP contribution in [0.2, 0.25) is 0 Å². The summed E-state index contributed by atoms with van der Waals surface area (Å²) in [7, 11) is 4.02. The minimum absolute atomic E-state index is 0.00856. The fraction of sp³-hybridized carbons (Fsp3) is 0.273. The van der Waals surface area contributed by atoms with Gasteiger partial charge in [-0.3, -0.25) is 9.69 Å². The molecule has 0 unspecified atom stereocenters. The molecular formula is C22H24N4O2. The first-order chi connectivity index (χ1) is 13.6. The number of aromatic nitrogens is 1. The van der Waals surface area contributed by atoms with E-state index in [0.717, 1.165) is 23.7 Å². The van der Waals surface area contributed by atoms with Crippen molar-refractivity contribution in [3.63, 3.8) is 0 Å². The average Bonchev–Trinajstić information content (AvgIpc) is 3.38. The van der Waals surface area contributed by atoms with E-state index in [-0.39, 0.29) is 11.9 Å². The van der Waals surface area contributed by atoms with Crippen LogP contribution in [0.15, 0.2) is 65.4 Å². The molecule has 1 amide bonds. The number of benzene rings is 1. The molecule has 1 aromatic carbocycles. The van der Waals surface area contributed by atoms with Crippen LogP contribution in [0.4, 0.5) is 11.5 Å². The lowest BCUT2D eigenvalue weighted by atomic mass is 10.2. The van der Waals surface area contributed by atoms with Gasteiger partial charge in [0, 0.05) is 25.0 Å². The summed E-state index contributed by atoms with van der Waals surface area (Å²) in [6.45, 7) is 1.37. The third-order valence-corrected chi connectivity index (χ3v) is 5.11. The van der Waals surface area contributed by atoms with Gasteiger partial charge in [0.2, 0.25) is 0 Å². The van der Waals surface area contributed by atoms with Crippen molar-refractivity contribution in [2.24, 2.45) is 0 Å². The van der Waals surface area contributed by atoms with E-state index in [1.165, 1.54) is 5.56 Å². The monoisotopic (exact) mass is 376 g/mol. The molecule has 1 aliphatic heterocycles. The van der Waals surface area contributed by atoms with Gasteiger partial charge in [0.05, 0.1) is 17.9 Å². The topological polar surface area (TPSA) is 61.6 Å². The Balaban J connectivity index is 1.42. The zero-order valence-electron chi connectivity index (χ0n) is 16.1. The predicted molar refractivity (Wildman–Crippen MR) is 110 cm³/mol. The molecule has 6 nitrogen and oxygen atoms in total. The van der Waals surface area contributed by atoms with Gasteiger partial charge in [0.15, 0.2) is 0 Å². The second kappa shape index (κ2) is 7.86. The molecular weight excluding hydrogens is 352 g/mol. The number of para-hydroxylation sites is 1. The van der Waals surface area contributed by atoms with Crippen LogP contribution in [-0.2, 0) is 6.42 Å². The number of nitrogens with one attached hydrogen (secondary N) is 1. The highest BCUT2D eigenvalue weighted by Gasteiger charge is 2.25. The van der Waals surface area contributed by atoms with Crippen LogP contribution in [0.1, 0.15) is 27.7 Å². The SMILES string of the molecule is CN(C)[C@H](CNc1ccc(C(=O)N2CCc3ccccc32)cn1)c1ccco1. The molecule has 0 saturated heterocycles. The molecule has 144 valence electrons. The van der Waals surface area contributed by atoms with Gasteiger partial charge in [-0.2, -0.15) is 0 Å². The molecule has 28 heavy (non-hydrogen) atoms. The summed E-state index contributed by atoms with van der Waals surface area (Å²) in [6.07, 6.45) is 4.22. The number of fused-ring (bicyclic) bond motifs is 1. The first-order valence-electron chi connectivity index (χ1n) is 9.43. The van der Waals surface area contributed by atoms with Gasteiger partial charge in [0.1, 0.15) is 11.6 Å². The van der Waals surface area contributed by atoms with E-state index < -0.39 is 0 Å². The molecule has 1 aliphatic rings. The fourth-order valence-corrected chi connectivity index (χ4v) is 3.55. The standard InChI is InChI=1S/C22H24N4O2/c1-25(2)19(20-8-5-13-28-20)15-24-21-10-9-17(14-23-21)22(27)26-12-11-16-6-3-4-7-18(16)26/h3-10,13-14,19H,11-12,15H2,1-2H3,(H,23,24)/t19-/m1/s1. The normalized spacial score (nSPS) is 14.2. The van der Waals surface area contributed by atoms with Crippen molar-refractivity contribution < 1.29 is 9.21 Å². The van der Waals surface area contributed by atoms with E-state index in [1.54, 1.807) is 12.5 Å². The van der Waals surface area contributed by atoms with Crippen molar-refractivity contribution >= 4 is 17.4 Å². The minimum Gasteiger partial charge on any atom is -0.468 e. The van der Waals surface area contributed by atoms with E-state index in [9.17, 15) is 4.79 Å². The van der Waals surface area contributed by atoms with Crippen molar-refractivity contribution in [2.45, 2.75) is 12.5 Å². The number of carbonyl (C=O) groups is 1. The zero-order valence-corrected chi connectivity index (χ0v) is 16.1. The van der Waals surface area contributed by atoms with Gasteiger partial charge in [-0.05, 0) is 56.4 Å². The van der Waals surface area contributed by atoms with E-state index in [1.807, 2.05) is 61.5 Å². The highest BCUT2D eigenvalue weighted by Crippen LogP contribution is 2.29. The molecule has 2 aromatic heterocycles. The molecule has 0 bridgehead atoms. The second-order valence-corrected chi connectivity index (χ2v) is 7.14. The van der Waals surface area contributed by atoms with Crippen LogP contribution in [0.25, 0.3) is 0 Å². The van der Waals surface area contributed by atoms with E-state index in [0.29, 0.717) is 18.7 Å². The molecule has 0 saturated carbocycles. The molecule has 0 fully saturated rings. The van der Waals surface area contributed by atoms with Crippen LogP contribution in [0.5, 0.6) is 0 Å². The molecule has 6 heteroatoms. The number of hydrogen-bond donors (Lipinski definition) is 1. The first-order valence-corrected chi connectivity index (χ1v) is 9.43. The third kappa shape index (κ3) is 3.64. The highest BCUT2D eigenvalue weighted by molar-refractivity contribution is 6.07. The van der Waals surface area contributed by atoms with Crippen LogP contribution in [0, 0.1) is 0 Å². The Morgan fingerprint density at radius 2 is 2.07 bits per heavy atom. The van der Waals surface area contributed by atoms with Crippen LogP contribution < -0.4 is 10.2 Å². The summed E-state index contributed by atoms with van der Waals surface area (Å²) in [5, 5.41) is 3.33. The summed E-state index contributed by atoms with van der Waals surface area (Å²) in [4.78, 5) is 21.2. The quantitative estimate of drug-likeness (QED) is 0.712. The van der Waals surface area contributed by atoms with Crippen molar-refractivity contribution in [2.75, 3.05) is 37.4 Å². The molecule has 3 aromatic rings. The number of likely N-dealkylation sites (N-methyl/N-ethyl adjacent to an activating group) is 1. The Hall–Kier alpha value is -3.12. The van der Waals surface area contributed by atoms with Crippen molar-refractivity contribution in [1.82, 2.24) is 9.88 Å². The summed E-state index contributed by atoms with van der Waals surface area (Å²) in [5.74, 6) is 1.62. The maximum absolute atomic E-state index is 12.9. The smallest absolute Gasteiger partial charge is 0.259 e. The van der Waals surface area contributed by atoms with E-state index >= 15 is 0 Å². The number of furan rings is 1. The zero-order chi connectivity index (χ0) is 19.5. The second-order valence-electron chi connectivity index (χ2n) is 7.14. The Bertz CT molecular complexity index is 935. The van der Waals surface area contributed by atoms with Crippen molar-refractivity contribution in [1.29, 1.82) is 0 Å². The molecule has 0 aliphatic carbocycles. The van der Waals surface area contributed by atoms with Gasteiger partial charge in [0.25, 0.3) is 5.91 Å². The van der Waals surface area contributed by atoms with Crippen LogP contribution in [0.3, 0.4) is 0 Å². The largest absolute Gasteiger partial charge is 0.468 e. The Kier molecular flexibility index (Phi) is 5.12. The fourth-order valence-electron chi connectivity index (χ4n) is 3.55. The molecule has 0 spiro atoms. The van der Waals surface area contributed by atoms with Gasteiger partial charge in [-0.1, -0.05) is 18.2 Å². The molecule has 0 radical (unpaired) electrons. The van der Waals surface area contributed by atoms with Gasteiger partial charge < -0.3 is 14.6 Å². The Morgan fingerprint density at radius 3 is 2.79 bits per heavy atom. The number of amides is 1. The van der Waals surface area contributed by atoms with Crippen LogP contribution in [-0.4, -0.2) is 43.0 Å². The highest BCUT2D eigenvalue weighted by atomic mass is 16.3. The summed E-state index contributed by atoms with van der Waals surface area (Å²) in [6, 6.07) is 15.7.